The molecule has 0 aliphatic carbocycles. The summed E-state index contributed by atoms with van der Waals surface area (Å²) in [6, 6.07) is 1.32. The zero-order chi connectivity index (χ0) is 12.6. The molecule has 0 spiro atoms. The predicted molar refractivity (Wildman–Crippen MR) is 54.8 cm³/mol. The number of aromatic nitrogens is 2. The van der Waals surface area contributed by atoms with Crippen molar-refractivity contribution < 1.29 is 19.3 Å². The van der Waals surface area contributed by atoms with Crippen LogP contribution >= 0.6 is 0 Å². The van der Waals surface area contributed by atoms with Gasteiger partial charge in [0.15, 0.2) is 12.4 Å². The van der Waals surface area contributed by atoms with E-state index in [4.69, 9.17) is 15.6 Å². The zero-order valence-electron chi connectivity index (χ0n) is 8.73. The van der Waals surface area contributed by atoms with Gasteiger partial charge < -0.3 is 20.7 Å². The molecular weight excluding hydrogens is 232 g/mol. The number of rotatable bonds is 2. The number of aliphatic hydroxyl groups excluding tert-OH is 2. The Morgan fingerprint density at radius 1 is 1.65 bits per heavy atom. The van der Waals surface area contributed by atoms with E-state index in [0.717, 1.165) is 4.57 Å². The number of nitrogen functional groups attached to an aromatic ring is 1. The quantitative estimate of drug-likeness (QED) is 0.578. The average molecular weight is 244 g/mol. The summed E-state index contributed by atoms with van der Waals surface area (Å²) in [7, 11) is 0. The number of nitrogens with two attached hydrogens (primary N) is 1. The second kappa shape index (κ2) is 4.40. The molecule has 2 rings (SSSR count). The Morgan fingerprint density at radius 2 is 2.35 bits per heavy atom. The van der Waals surface area contributed by atoms with Gasteiger partial charge in [-0.3, -0.25) is 4.57 Å². The van der Waals surface area contributed by atoms with E-state index in [-0.39, 0.29) is 5.82 Å². The highest BCUT2D eigenvalue weighted by molar-refractivity contribution is 5.23. The number of anilines is 1. The molecule has 1 aliphatic rings. The van der Waals surface area contributed by atoms with E-state index in [1.54, 1.807) is 0 Å². The van der Waals surface area contributed by atoms with Crippen molar-refractivity contribution >= 4 is 5.82 Å². The van der Waals surface area contributed by atoms with Crippen molar-refractivity contribution in [2.75, 3.05) is 12.3 Å². The molecule has 8 heteroatoms. The third-order valence-electron chi connectivity index (χ3n) is 2.60. The topological polar surface area (TPSA) is 111 Å². The minimum atomic E-state index is -1.81. The summed E-state index contributed by atoms with van der Waals surface area (Å²) in [6.07, 6.45) is -4.42. The van der Waals surface area contributed by atoms with Crippen LogP contribution in [0.3, 0.4) is 0 Å². The van der Waals surface area contributed by atoms with Gasteiger partial charge >= 0.3 is 5.69 Å². The second-order valence-corrected chi connectivity index (χ2v) is 3.72. The molecule has 1 unspecified atom stereocenters. The number of nitrogens with zero attached hydrogens (tertiary/aromatic N) is 2. The minimum Gasteiger partial charge on any atom is -0.394 e. The molecular formula is C9H12FN3O4. The highest BCUT2D eigenvalue weighted by Gasteiger charge is 2.45. The van der Waals surface area contributed by atoms with E-state index in [1.807, 2.05) is 0 Å². The number of hydrogen-bond acceptors (Lipinski definition) is 6. The molecule has 0 bridgehead atoms. The van der Waals surface area contributed by atoms with Crippen LogP contribution < -0.4 is 11.4 Å². The Kier molecular flexibility index (Phi) is 3.09. The Balaban J connectivity index is 2.32. The second-order valence-electron chi connectivity index (χ2n) is 3.72. The fourth-order valence-corrected chi connectivity index (χ4v) is 1.70. The molecule has 1 aromatic rings. The van der Waals surface area contributed by atoms with Crippen LogP contribution in [0.25, 0.3) is 0 Å². The Hall–Kier alpha value is -1.51. The molecule has 94 valence electrons. The van der Waals surface area contributed by atoms with Gasteiger partial charge in [-0.05, 0) is 6.07 Å². The average Bonchev–Trinajstić information content (AvgIpc) is 2.57. The summed E-state index contributed by atoms with van der Waals surface area (Å²) in [5, 5.41) is 18.3. The first-order chi connectivity index (χ1) is 8.04. The monoisotopic (exact) mass is 244 g/mol. The van der Waals surface area contributed by atoms with Crippen LogP contribution in [0.1, 0.15) is 6.23 Å². The van der Waals surface area contributed by atoms with E-state index in [9.17, 15) is 14.3 Å². The van der Waals surface area contributed by atoms with Crippen LogP contribution in [-0.4, -0.2) is 44.8 Å². The van der Waals surface area contributed by atoms with E-state index in [2.05, 4.69) is 4.98 Å². The lowest BCUT2D eigenvalue weighted by atomic mass is 10.1. The standard InChI is InChI=1S/C9H12FN3O4/c10-6-7(15)4(3-14)17-8(6)13-2-1-5(11)12-9(13)16/h1-2,4,6-8,14-15H,3H2,(H2,11,12,16)/t4-,6+,7?,8-/m0/s1/i10-1. The number of halogens is 1. The van der Waals surface area contributed by atoms with Crippen molar-refractivity contribution in [3.05, 3.63) is 22.7 Å². The number of alkyl halides is 1. The Bertz CT molecular complexity index is 466. The molecule has 4 atom stereocenters. The molecule has 1 aliphatic heterocycles. The van der Waals surface area contributed by atoms with Crippen LogP contribution in [0.4, 0.5) is 10.2 Å². The first-order valence-electron chi connectivity index (χ1n) is 4.97. The highest BCUT2D eigenvalue weighted by atomic mass is 18.2. The van der Waals surface area contributed by atoms with E-state index in [1.165, 1.54) is 12.3 Å². The molecule has 2 heterocycles. The lowest BCUT2D eigenvalue weighted by molar-refractivity contribution is -0.0490. The van der Waals surface area contributed by atoms with E-state index in [0.29, 0.717) is 0 Å². The largest absolute Gasteiger partial charge is 0.394 e. The van der Waals surface area contributed by atoms with Gasteiger partial charge in [0, 0.05) is 6.20 Å². The van der Waals surface area contributed by atoms with Gasteiger partial charge in [-0.1, -0.05) is 0 Å². The summed E-state index contributed by atoms with van der Waals surface area (Å²) in [5.41, 5.74) is 4.52. The first-order valence-corrected chi connectivity index (χ1v) is 4.97. The van der Waals surface area contributed by atoms with Gasteiger partial charge in [0.05, 0.1) is 6.61 Å². The normalized spacial score (nSPS) is 32.9. The molecule has 0 saturated carbocycles. The number of aliphatic hydroxyl groups is 2. The lowest BCUT2D eigenvalue weighted by Gasteiger charge is -2.15. The van der Waals surface area contributed by atoms with Gasteiger partial charge in [-0.25, -0.2) is 9.18 Å². The summed E-state index contributed by atoms with van der Waals surface area (Å²) >= 11 is 0. The van der Waals surface area contributed by atoms with Gasteiger partial charge in [0.2, 0.25) is 0 Å². The van der Waals surface area contributed by atoms with E-state index < -0.39 is 36.9 Å². The van der Waals surface area contributed by atoms with Crippen molar-refractivity contribution in [1.82, 2.24) is 9.55 Å². The summed E-state index contributed by atoms with van der Waals surface area (Å²) in [5.74, 6) is 0.0129. The van der Waals surface area contributed by atoms with E-state index >= 15 is 0 Å². The summed E-state index contributed by atoms with van der Waals surface area (Å²) < 4.78 is 19.6. The lowest BCUT2D eigenvalue weighted by Crippen LogP contribution is -2.33. The molecule has 0 aromatic carbocycles. The maximum absolute atomic E-state index is 13.7. The van der Waals surface area contributed by atoms with Crippen molar-refractivity contribution in [2.45, 2.75) is 24.6 Å². The van der Waals surface area contributed by atoms with Crippen LogP contribution in [0.5, 0.6) is 0 Å². The molecule has 0 radical (unpaired) electrons. The van der Waals surface area contributed by atoms with Crippen molar-refractivity contribution in [3.63, 3.8) is 0 Å². The Labute approximate surface area is 95.3 Å². The molecule has 0 amide bonds. The molecule has 4 N–H and O–H groups in total. The third-order valence-corrected chi connectivity index (χ3v) is 2.60. The SMILES string of the molecule is Nc1ccn([C@H]2O[C@@H](CO)C(O)[C@H]2[18F])c(=O)n1. The third kappa shape index (κ3) is 2.02. The summed E-state index contributed by atoms with van der Waals surface area (Å²) in [6.45, 7) is -0.533. The van der Waals surface area contributed by atoms with Gasteiger partial charge in [0.1, 0.15) is 18.0 Å². The minimum absolute atomic E-state index is 0.0129. The maximum Gasteiger partial charge on any atom is 0.351 e. The van der Waals surface area contributed by atoms with Crippen molar-refractivity contribution in [2.24, 2.45) is 0 Å². The van der Waals surface area contributed by atoms with Crippen LogP contribution in [0.15, 0.2) is 17.1 Å². The Morgan fingerprint density at radius 3 is 2.88 bits per heavy atom. The van der Waals surface area contributed by atoms with Crippen LogP contribution in [0, 0.1) is 0 Å². The maximum atomic E-state index is 13.7. The number of hydrogen-bond donors (Lipinski definition) is 3. The van der Waals surface area contributed by atoms with Gasteiger partial charge in [-0.2, -0.15) is 4.98 Å². The molecule has 1 aromatic heterocycles. The van der Waals surface area contributed by atoms with Crippen molar-refractivity contribution in [3.8, 4) is 0 Å². The fraction of sp³-hybridized carbons (Fsp3) is 0.556. The zero-order valence-corrected chi connectivity index (χ0v) is 8.73. The predicted octanol–water partition coefficient (Wildman–Crippen LogP) is -1.59. The fourth-order valence-electron chi connectivity index (χ4n) is 1.70. The van der Waals surface area contributed by atoms with Gasteiger partial charge in [0.25, 0.3) is 0 Å². The summed E-state index contributed by atoms with van der Waals surface area (Å²) in [4.78, 5) is 14.9. The van der Waals surface area contributed by atoms with Crippen LogP contribution in [0.2, 0.25) is 0 Å². The first kappa shape index (κ1) is 12.0. The van der Waals surface area contributed by atoms with Crippen molar-refractivity contribution in [1.29, 1.82) is 0 Å². The highest BCUT2D eigenvalue weighted by Crippen LogP contribution is 2.30. The molecule has 1 fully saturated rings. The molecule has 7 nitrogen and oxygen atoms in total. The molecule has 17 heavy (non-hydrogen) atoms. The molecule has 1 saturated heterocycles. The number of ether oxygens (including phenoxy) is 1. The smallest absolute Gasteiger partial charge is 0.351 e. The van der Waals surface area contributed by atoms with Crippen LogP contribution in [-0.2, 0) is 4.74 Å². The van der Waals surface area contributed by atoms with Gasteiger partial charge in [-0.15, -0.1) is 0 Å².